The van der Waals surface area contributed by atoms with Crippen LogP contribution in [0.1, 0.15) is 24.8 Å². The number of methoxy groups -OCH3 is 1. The molecule has 0 radical (unpaired) electrons. The van der Waals surface area contributed by atoms with Crippen molar-refractivity contribution in [1.82, 2.24) is 4.90 Å². The summed E-state index contributed by atoms with van der Waals surface area (Å²) in [7, 11) is 1.82. The maximum Gasteiger partial charge on any atom is 0.0595 e. The fourth-order valence-corrected chi connectivity index (χ4v) is 2.90. The van der Waals surface area contributed by atoms with E-state index >= 15 is 0 Å². The molecule has 0 saturated carbocycles. The molecule has 0 aliphatic carbocycles. The minimum absolute atomic E-state index is 0.448. The van der Waals surface area contributed by atoms with E-state index in [4.69, 9.17) is 10.5 Å². The van der Waals surface area contributed by atoms with Crippen LogP contribution in [0.2, 0.25) is 0 Å². The number of benzene rings is 1. The first kappa shape index (κ1) is 14.5. The van der Waals surface area contributed by atoms with Crippen LogP contribution < -0.4 is 5.73 Å². The molecule has 106 valence electrons. The van der Waals surface area contributed by atoms with Gasteiger partial charge in [0.2, 0.25) is 0 Å². The second-order valence-electron chi connectivity index (χ2n) is 5.38. The van der Waals surface area contributed by atoms with Crippen LogP contribution in [-0.2, 0) is 11.2 Å². The highest BCUT2D eigenvalue weighted by Crippen LogP contribution is 2.17. The number of piperidine rings is 1. The molecule has 2 rings (SSSR count). The van der Waals surface area contributed by atoms with Gasteiger partial charge in [-0.3, -0.25) is 4.90 Å². The van der Waals surface area contributed by atoms with E-state index < -0.39 is 0 Å². The standard InChI is InChI=1S/C16H26N2O/c1-19-16-9-11-18(12-10-16)15(13-17)8-7-14-5-3-2-4-6-14/h2-6,15-16H,7-13,17H2,1H3. The van der Waals surface area contributed by atoms with Crippen molar-refractivity contribution in [2.24, 2.45) is 5.73 Å². The Morgan fingerprint density at radius 1 is 1.26 bits per heavy atom. The van der Waals surface area contributed by atoms with Gasteiger partial charge in [0.05, 0.1) is 6.10 Å². The molecule has 3 heteroatoms. The molecule has 0 aromatic heterocycles. The lowest BCUT2D eigenvalue weighted by Crippen LogP contribution is -2.46. The minimum Gasteiger partial charge on any atom is -0.381 e. The van der Waals surface area contributed by atoms with Crippen molar-refractivity contribution < 1.29 is 4.74 Å². The Bertz CT molecular complexity index is 347. The van der Waals surface area contributed by atoms with Crippen molar-refractivity contribution in [3.8, 4) is 0 Å². The molecule has 2 N–H and O–H groups in total. The molecule has 19 heavy (non-hydrogen) atoms. The average molecular weight is 262 g/mol. The lowest BCUT2D eigenvalue weighted by atomic mass is 10.0. The van der Waals surface area contributed by atoms with Gasteiger partial charge in [-0.2, -0.15) is 0 Å². The van der Waals surface area contributed by atoms with Crippen molar-refractivity contribution in [1.29, 1.82) is 0 Å². The third-order valence-electron chi connectivity index (χ3n) is 4.21. The van der Waals surface area contributed by atoms with Crippen LogP contribution in [0.15, 0.2) is 30.3 Å². The van der Waals surface area contributed by atoms with E-state index in [9.17, 15) is 0 Å². The van der Waals surface area contributed by atoms with Gasteiger partial charge in [-0.1, -0.05) is 30.3 Å². The zero-order valence-corrected chi connectivity index (χ0v) is 11.9. The quantitative estimate of drug-likeness (QED) is 0.853. The molecule has 1 atom stereocenters. The molecule has 1 unspecified atom stereocenters. The molecule has 1 fully saturated rings. The molecule has 1 heterocycles. The Hall–Kier alpha value is -0.900. The molecule has 0 spiro atoms. The van der Waals surface area contributed by atoms with E-state index in [1.807, 2.05) is 7.11 Å². The van der Waals surface area contributed by atoms with Crippen molar-refractivity contribution >= 4 is 0 Å². The minimum atomic E-state index is 0.448. The number of hydrogen-bond donors (Lipinski definition) is 1. The van der Waals surface area contributed by atoms with Crippen LogP contribution in [0.25, 0.3) is 0 Å². The second kappa shape index (κ2) is 7.63. The number of ether oxygens (including phenoxy) is 1. The molecule has 1 aromatic rings. The van der Waals surface area contributed by atoms with Gasteiger partial charge in [0.1, 0.15) is 0 Å². The Kier molecular flexibility index (Phi) is 5.83. The molecule has 3 nitrogen and oxygen atoms in total. The van der Waals surface area contributed by atoms with E-state index in [1.54, 1.807) is 0 Å². The third-order valence-corrected chi connectivity index (χ3v) is 4.21. The van der Waals surface area contributed by atoms with Crippen LogP contribution in [0.3, 0.4) is 0 Å². The van der Waals surface area contributed by atoms with Crippen molar-refractivity contribution in [2.45, 2.75) is 37.8 Å². The average Bonchev–Trinajstić information content (AvgIpc) is 2.49. The predicted octanol–water partition coefficient (Wildman–Crippen LogP) is 2.06. The maximum atomic E-state index is 5.96. The Labute approximate surface area is 116 Å². The molecule has 0 amide bonds. The van der Waals surface area contributed by atoms with Crippen molar-refractivity contribution in [3.63, 3.8) is 0 Å². The van der Waals surface area contributed by atoms with Gasteiger partial charge >= 0.3 is 0 Å². The first-order valence-corrected chi connectivity index (χ1v) is 7.34. The number of rotatable bonds is 6. The van der Waals surface area contributed by atoms with Crippen molar-refractivity contribution in [3.05, 3.63) is 35.9 Å². The lowest BCUT2D eigenvalue weighted by Gasteiger charge is -2.36. The molecular formula is C16H26N2O. The van der Waals surface area contributed by atoms with Crippen LogP contribution in [0.4, 0.5) is 0 Å². The number of nitrogens with two attached hydrogens (primary N) is 1. The summed E-state index contributed by atoms with van der Waals surface area (Å²) in [6.45, 7) is 2.99. The fourth-order valence-electron chi connectivity index (χ4n) is 2.90. The highest BCUT2D eigenvalue weighted by Gasteiger charge is 2.23. The summed E-state index contributed by atoms with van der Waals surface area (Å²) in [6, 6.07) is 11.2. The molecule has 1 saturated heterocycles. The number of likely N-dealkylation sites (tertiary alicyclic amines) is 1. The molecule has 1 aliphatic rings. The summed E-state index contributed by atoms with van der Waals surface area (Å²) in [5.41, 5.74) is 7.37. The maximum absolute atomic E-state index is 5.96. The molecule has 1 aromatic carbocycles. The second-order valence-corrected chi connectivity index (χ2v) is 5.38. The van der Waals surface area contributed by atoms with E-state index in [0.29, 0.717) is 12.1 Å². The van der Waals surface area contributed by atoms with Gasteiger partial charge in [-0.15, -0.1) is 0 Å². The SMILES string of the molecule is COC1CCN(C(CN)CCc2ccccc2)CC1. The number of nitrogens with zero attached hydrogens (tertiary/aromatic N) is 1. The van der Waals surface area contributed by atoms with Crippen LogP contribution in [0.5, 0.6) is 0 Å². The van der Waals surface area contributed by atoms with Crippen LogP contribution >= 0.6 is 0 Å². The summed E-state index contributed by atoms with van der Waals surface area (Å²) < 4.78 is 5.42. The zero-order valence-electron chi connectivity index (χ0n) is 11.9. The fraction of sp³-hybridized carbons (Fsp3) is 0.625. The van der Waals surface area contributed by atoms with E-state index in [-0.39, 0.29) is 0 Å². The molecular weight excluding hydrogens is 236 g/mol. The van der Waals surface area contributed by atoms with Crippen LogP contribution in [0, 0.1) is 0 Å². The lowest BCUT2D eigenvalue weighted by molar-refractivity contribution is 0.0271. The normalized spacial score (nSPS) is 19.5. The number of aryl methyl sites for hydroxylation is 1. The summed E-state index contributed by atoms with van der Waals surface area (Å²) in [5, 5.41) is 0. The van der Waals surface area contributed by atoms with Crippen LogP contribution in [-0.4, -0.2) is 43.8 Å². The first-order chi connectivity index (χ1) is 9.33. The summed E-state index contributed by atoms with van der Waals surface area (Å²) in [4.78, 5) is 2.54. The van der Waals surface area contributed by atoms with Gasteiger partial charge in [-0.25, -0.2) is 0 Å². The van der Waals surface area contributed by atoms with Gasteiger partial charge in [0.15, 0.2) is 0 Å². The van der Waals surface area contributed by atoms with Crippen molar-refractivity contribution in [2.75, 3.05) is 26.7 Å². The Morgan fingerprint density at radius 3 is 2.53 bits per heavy atom. The largest absolute Gasteiger partial charge is 0.381 e. The number of hydrogen-bond acceptors (Lipinski definition) is 3. The highest BCUT2D eigenvalue weighted by atomic mass is 16.5. The van der Waals surface area contributed by atoms with E-state index in [1.165, 1.54) is 5.56 Å². The van der Waals surface area contributed by atoms with Gasteiger partial charge < -0.3 is 10.5 Å². The smallest absolute Gasteiger partial charge is 0.0595 e. The van der Waals surface area contributed by atoms with E-state index in [2.05, 4.69) is 35.2 Å². The van der Waals surface area contributed by atoms with Gasteiger partial charge in [0.25, 0.3) is 0 Å². The molecule has 0 bridgehead atoms. The summed E-state index contributed by atoms with van der Waals surface area (Å²) >= 11 is 0. The first-order valence-electron chi connectivity index (χ1n) is 7.34. The zero-order chi connectivity index (χ0) is 13.5. The predicted molar refractivity (Wildman–Crippen MR) is 79.2 cm³/mol. The summed E-state index contributed by atoms with van der Waals surface area (Å²) in [6.07, 6.45) is 4.99. The Balaban J connectivity index is 1.80. The van der Waals surface area contributed by atoms with E-state index in [0.717, 1.165) is 45.3 Å². The monoisotopic (exact) mass is 262 g/mol. The topological polar surface area (TPSA) is 38.5 Å². The summed E-state index contributed by atoms with van der Waals surface area (Å²) in [5.74, 6) is 0. The third kappa shape index (κ3) is 4.30. The molecule has 1 aliphatic heterocycles. The highest BCUT2D eigenvalue weighted by molar-refractivity contribution is 5.14. The van der Waals surface area contributed by atoms with Gasteiger partial charge in [-0.05, 0) is 31.2 Å². The van der Waals surface area contributed by atoms with Gasteiger partial charge in [0, 0.05) is 32.8 Å². The Morgan fingerprint density at radius 2 is 1.95 bits per heavy atom.